The van der Waals surface area contributed by atoms with Gasteiger partial charge >= 0.3 is 0 Å². The number of hydrogen-bond acceptors (Lipinski definition) is 3. The lowest BCUT2D eigenvalue weighted by molar-refractivity contribution is -0.116. The van der Waals surface area contributed by atoms with Gasteiger partial charge in [-0.2, -0.15) is 0 Å². The Morgan fingerprint density at radius 1 is 1.07 bits per heavy atom. The number of amides is 1. The summed E-state index contributed by atoms with van der Waals surface area (Å²) in [4.78, 5) is 13.9. The van der Waals surface area contributed by atoms with Crippen LogP contribution in [0.5, 0.6) is 5.75 Å². The zero-order valence-corrected chi connectivity index (χ0v) is 16.9. The highest BCUT2D eigenvalue weighted by Crippen LogP contribution is 2.49. The van der Waals surface area contributed by atoms with Crippen molar-refractivity contribution in [2.24, 2.45) is 0 Å². The second kappa shape index (κ2) is 7.64. The van der Waals surface area contributed by atoms with Crippen LogP contribution in [0.15, 0.2) is 48.5 Å². The largest absolute Gasteiger partial charge is 0.488 e. The molecule has 2 aliphatic rings. The molecule has 1 N–H and O–H groups in total. The second-order valence-corrected chi connectivity index (χ2v) is 8.78. The molecule has 3 aromatic rings. The van der Waals surface area contributed by atoms with E-state index >= 15 is 0 Å². The van der Waals surface area contributed by atoms with E-state index in [9.17, 15) is 9.18 Å². The lowest BCUT2D eigenvalue weighted by Gasteiger charge is -2.27. The Labute approximate surface area is 173 Å². The Morgan fingerprint density at radius 2 is 1.86 bits per heavy atom. The van der Waals surface area contributed by atoms with Crippen molar-refractivity contribution in [3.8, 4) is 5.75 Å². The van der Waals surface area contributed by atoms with Crippen molar-refractivity contribution in [2.75, 3.05) is 5.32 Å². The van der Waals surface area contributed by atoms with E-state index in [1.54, 1.807) is 23.5 Å². The number of ether oxygens (including phenoxy) is 1. The van der Waals surface area contributed by atoms with Crippen LogP contribution in [-0.4, -0.2) is 5.91 Å². The average molecular weight is 408 g/mol. The first-order chi connectivity index (χ1) is 14.2. The van der Waals surface area contributed by atoms with E-state index in [0.29, 0.717) is 12.0 Å². The van der Waals surface area contributed by atoms with Gasteiger partial charge in [0.05, 0.1) is 5.00 Å². The molecular weight excluding hydrogens is 385 g/mol. The summed E-state index contributed by atoms with van der Waals surface area (Å²) in [6, 6.07) is 14.5. The number of benzene rings is 2. The molecule has 1 unspecified atom stereocenters. The molecule has 1 atom stereocenters. The molecule has 1 aliphatic carbocycles. The van der Waals surface area contributed by atoms with Crippen LogP contribution in [0.4, 0.5) is 9.39 Å². The summed E-state index contributed by atoms with van der Waals surface area (Å²) in [7, 11) is 0. The number of aryl methyl sites for hydroxylation is 1. The maximum atomic E-state index is 14.0. The molecule has 0 saturated carbocycles. The summed E-state index contributed by atoms with van der Waals surface area (Å²) in [5.41, 5.74) is 4.22. The molecule has 0 spiro atoms. The van der Waals surface area contributed by atoms with Gasteiger partial charge in [0.2, 0.25) is 5.91 Å². The molecule has 0 bridgehead atoms. The maximum absolute atomic E-state index is 14.0. The molecule has 2 heterocycles. The van der Waals surface area contributed by atoms with Crippen molar-refractivity contribution >= 4 is 22.2 Å². The van der Waals surface area contributed by atoms with Crippen molar-refractivity contribution < 1.29 is 13.9 Å². The molecule has 0 saturated heterocycles. The van der Waals surface area contributed by atoms with E-state index < -0.39 is 0 Å². The van der Waals surface area contributed by atoms with E-state index in [1.165, 1.54) is 34.9 Å². The van der Waals surface area contributed by atoms with Gasteiger partial charge < -0.3 is 10.1 Å². The third kappa shape index (κ3) is 3.44. The van der Waals surface area contributed by atoms with E-state index in [0.717, 1.165) is 29.2 Å². The Morgan fingerprint density at radius 3 is 2.76 bits per heavy atom. The maximum Gasteiger partial charge on any atom is 0.225 e. The number of thiophene rings is 1. The van der Waals surface area contributed by atoms with Gasteiger partial charge in [0.25, 0.3) is 0 Å². The van der Waals surface area contributed by atoms with Gasteiger partial charge in [-0.1, -0.05) is 36.4 Å². The number of rotatable bonds is 4. The summed E-state index contributed by atoms with van der Waals surface area (Å²) < 4.78 is 20.1. The summed E-state index contributed by atoms with van der Waals surface area (Å²) in [6.45, 7) is 0.164. The standard InChI is InChI=1S/C24H22FNO2S/c25-19-10-4-1-7-15(19)14-28-20-11-5-2-8-16(20)18-13-22(27)26-24-23(18)17-9-3-6-12-21(17)29-24/h1-2,4-5,7-8,10-11,18H,3,6,9,12-14H2,(H,26,27). The highest BCUT2D eigenvalue weighted by atomic mass is 32.1. The smallest absolute Gasteiger partial charge is 0.225 e. The average Bonchev–Trinajstić information content (AvgIpc) is 3.11. The van der Waals surface area contributed by atoms with Gasteiger partial charge in [0.1, 0.15) is 18.2 Å². The van der Waals surface area contributed by atoms with Gasteiger partial charge in [0, 0.05) is 28.3 Å². The van der Waals surface area contributed by atoms with E-state index in [2.05, 4.69) is 5.32 Å². The number of halogens is 1. The number of carbonyl (C=O) groups is 1. The van der Waals surface area contributed by atoms with Gasteiger partial charge in [-0.3, -0.25) is 4.79 Å². The van der Waals surface area contributed by atoms with Crippen LogP contribution < -0.4 is 10.1 Å². The highest BCUT2D eigenvalue weighted by Gasteiger charge is 2.34. The Bertz CT molecular complexity index is 1070. The fourth-order valence-corrected chi connectivity index (χ4v) is 5.82. The van der Waals surface area contributed by atoms with Crippen LogP contribution in [0.1, 0.15) is 52.3 Å². The fourth-order valence-electron chi connectivity index (χ4n) is 4.45. The number of nitrogens with one attached hydrogen (secondary N) is 1. The minimum atomic E-state index is -0.267. The first kappa shape index (κ1) is 18.4. The van der Waals surface area contributed by atoms with Crippen LogP contribution in [0, 0.1) is 5.82 Å². The molecule has 0 fully saturated rings. The molecule has 148 valence electrons. The first-order valence-corrected chi connectivity index (χ1v) is 10.9. The molecule has 3 nitrogen and oxygen atoms in total. The van der Waals surface area contributed by atoms with E-state index in [4.69, 9.17) is 4.74 Å². The fraction of sp³-hybridized carbons (Fsp3) is 0.292. The van der Waals surface area contributed by atoms with Crippen LogP contribution in [0.25, 0.3) is 0 Å². The Hall–Kier alpha value is -2.66. The Balaban J connectivity index is 1.51. The van der Waals surface area contributed by atoms with Crippen LogP contribution in [0.2, 0.25) is 0 Å². The normalized spacial score (nSPS) is 18.0. The SMILES string of the molecule is O=C1CC(c2ccccc2OCc2ccccc2F)c2c(sc3c2CCCC3)N1. The number of carbonyl (C=O) groups excluding carboxylic acids is 1. The number of para-hydroxylation sites is 1. The highest BCUT2D eigenvalue weighted by molar-refractivity contribution is 7.16. The number of hydrogen-bond donors (Lipinski definition) is 1. The zero-order chi connectivity index (χ0) is 19.8. The minimum Gasteiger partial charge on any atom is -0.488 e. The topological polar surface area (TPSA) is 38.3 Å². The predicted octanol–water partition coefficient (Wildman–Crippen LogP) is 5.82. The molecule has 5 heteroatoms. The lowest BCUT2D eigenvalue weighted by atomic mass is 9.81. The van der Waals surface area contributed by atoms with E-state index in [-0.39, 0.29) is 24.2 Å². The quantitative estimate of drug-likeness (QED) is 0.592. The molecule has 1 amide bonds. The number of fused-ring (bicyclic) bond motifs is 3. The van der Waals surface area contributed by atoms with Crippen molar-refractivity contribution in [3.05, 3.63) is 81.5 Å². The summed E-state index contributed by atoms with van der Waals surface area (Å²) in [5.74, 6) is 0.479. The first-order valence-electron chi connectivity index (χ1n) is 10.1. The van der Waals surface area contributed by atoms with Gasteiger partial charge in [0.15, 0.2) is 0 Å². The predicted molar refractivity (Wildman–Crippen MR) is 113 cm³/mol. The van der Waals surface area contributed by atoms with Gasteiger partial charge in [-0.05, 0) is 48.9 Å². The lowest BCUT2D eigenvalue weighted by Crippen LogP contribution is -2.23. The zero-order valence-electron chi connectivity index (χ0n) is 16.0. The molecule has 29 heavy (non-hydrogen) atoms. The van der Waals surface area contributed by atoms with Crippen LogP contribution in [0.3, 0.4) is 0 Å². The second-order valence-electron chi connectivity index (χ2n) is 7.68. The summed E-state index contributed by atoms with van der Waals surface area (Å²) >= 11 is 1.74. The van der Waals surface area contributed by atoms with Crippen molar-refractivity contribution in [2.45, 2.75) is 44.6 Å². The Kier molecular flexibility index (Phi) is 4.84. The van der Waals surface area contributed by atoms with Crippen molar-refractivity contribution in [1.82, 2.24) is 0 Å². The van der Waals surface area contributed by atoms with Crippen molar-refractivity contribution in [3.63, 3.8) is 0 Å². The molecule has 1 aromatic heterocycles. The van der Waals surface area contributed by atoms with Gasteiger partial charge in [-0.15, -0.1) is 11.3 Å². The van der Waals surface area contributed by atoms with Crippen LogP contribution >= 0.6 is 11.3 Å². The summed E-state index contributed by atoms with van der Waals surface area (Å²) in [6.07, 6.45) is 5.00. The molecule has 1 aliphatic heterocycles. The third-order valence-electron chi connectivity index (χ3n) is 5.84. The van der Waals surface area contributed by atoms with Crippen molar-refractivity contribution in [1.29, 1.82) is 0 Å². The molecule has 2 aromatic carbocycles. The number of anilines is 1. The monoisotopic (exact) mass is 407 g/mol. The van der Waals surface area contributed by atoms with Crippen LogP contribution in [-0.2, 0) is 24.2 Å². The van der Waals surface area contributed by atoms with E-state index in [1.807, 2.05) is 30.3 Å². The minimum absolute atomic E-state index is 0.0197. The van der Waals surface area contributed by atoms with Gasteiger partial charge in [-0.25, -0.2) is 4.39 Å². The molecular formula is C24H22FNO2S. The molecule has 0 radical (unpaired) electrons. The molecule has 5 rings (SSSR count). The summed E-state index contributed by atoms with van der Waals surface area (Å²) in [5, 5.41) is 4.09. The third-order valence-corrected chi connectivity index (χ3v) is 7.06.